The molecule has 0 saturated heterocycles. The van der Waals surface area contributed by atoms with E-state index in [9.17, 15) is 8.42 Å². The van der Waals surface area contributed by atoms with Crippen LogP contribution in [0.25, 0.3) is 0 Å². The van der Waals surface area contributed by atoms with Crippen molar-refractivity contribution in [2.24, 2.45) is 0 Å². The zero-order chi connectivity index (χ0) is 15.9. The molecule has 0 aromatic carbocycles. The maximum absolute atomic E-state index is 12.6. The van der Waals surface area contributed by atoms with Crippen LogP contribution in [0.1, 0.15) is 37.4 Å². The van der Waals surface area contributed by atoms with Crippen LogP contribution >= 0.6 is 0 Å². The summed E-state index contributed by atoms with van der Waals surface area (Å²) in [4.78, 5) is 0. The van der Waals surface area contributed by atoms with Crippen LogP contribution in [0.15, 0.2) is 17.7 Å². The molecule has 1 rings (SSSR count). The molecule has 0 radical (unpaired) electrons. The maximum atomic E-state index is 12.6. The summed E-state index contributed by atoms with van der Waals surface area (Å²) in [5, 5.41) is 10.1. The number of H-pyrrole nitrogens is 1. The third-order valence-corrected chi connectivity index (χ3v) is 5.13. The topological polar surface area (TPSA) is 78.1 Å². The molecular formula is C14H26N4O2S. The molecule has 6 nitrogen and oxygen atoms in total. The first-order valence-electron chi connectivity index (χ1n) is 7.26. The number of hydrogen-bond donors (Lipinski definition) is 2. The second-order valence-corrected chi connectivity index (χ2v) is 7.03. The molecule has 1 aromatic heterocycles. The van der Waals surface area contributed by atoms with Gasteiger partial charge in [-0.1, -0.05) is 13.0 Å². The minimum atomic E-state index is -3.55. The van der Waals surface area contributed by atoms with E-state index >= 15 is 0 Å². The Balaban J connectivity index is 2.89. The molecule has 1 heterocycles. The summed E-state index contributed by atoms with van der Waals surface area (Å²) in [5.74, 6) is 0. The van der Waals surface area contributed by atoms with Gasteiger partial charge in [0.1, 0.15) is 0 Å². The second kappa shape index (κ2) is 8.31. The van der Waals surface area contributed by atoms with Crippen LogP contribution in [0, 0.1) is 6.92 Å². The van der Waals surface area contributed by atoms with Crippen LogP contribution in [-0.4, -0.2) is 43.1 Å². The Morgan fingerprint density at radius 2 is 2.19 bits per heavy atom. The van der Waals surface area contributed by atoms with E-state index in [2.05, 4.69) is 29.0 Å². The molecule has 1 aromatic rings. The van der Waals surface area contributed by atoms with E-state index in [0.29, 0.717) is 13.1 Å². The average molecular weight is 314 g/mol. The SMILES string of the molecule is C=CCCCN(C)S(=O)(=O)c1n[nH]c(C)c1CNCCC. The van der Waals surface area contributed by atoms with Crippen molar-refractivity contribution in [3.05, 3.63) is 23.9 Å². The molecular weight excluding hydrogens is 288 g/mol. The third-order valence-electron chi connectivity index (χ3n) is 3.30. The fourth-order valence-corrected chi connectivity index (χ4v) is 3.33. The average Bonchev–Trinajstić information content (AvgIpc) is 2.81. The van der Waals surface area contributed by atoms with Gasteiger partial charge < -0.3 is 5.32 Å². The number of allylic oxidation sites excluding steroid dienone is 1. The van der Waals surface area contributed by atoms with Crippen molar-refractivity contribution < 1.29 is 8.42 Å². The van der Waals surface area contributed by atoms with Gasteiger partial charge in [-0.15, -0.1) is 6.58 Å². The van der Waals surface area contributed by atoms with Crippen molar-refractivity contribution >= 4 is 10.0 Å². The summed E-state index contributed by atoms with van der Waals surface area (Å²) in [5.41, 5.74) is 1.51. The summed E-state index contributed by atoms with van der Waals surface area (Å²) in [6.07, 6.45) is 4.34. The smallest absolute Gasteiger partial charge is 0.262 e. The third kappa shape index (κ3) is 4.66. The Morgan fingerprint density at radius 1 is 1.48 bits per heavy atom. The van der Waals surface area contributed by atoms with E-state index in [1.165, 1.54) is 4.31 Å². The highest BCUT2D eigenvalue weighted by molar-refractivity contribution is 7.89. The normalized spacial score (nSPS) is 12.0. The first-order valence-corrected chi connectivity index (χ1v) is 8.71. The summed E-state index contributed by atoms with van der Waals surface area (Å²) in [7, 11) is -1.96. The minimum absolute atomic E-state index is 0.129. The quantitative estimate of drug-likeness (QED) is 0.510. The Morgan fingerprint density at radius 3 is 2.81 bits per heavy atom. The van der Waals surface area contributed by atoms with Crippen LogP contribution in [0.4, 0.5) is 0 Å². The van der Waals surface area contributed by atoms with Crippen LogP contribution < -0.4 is 5.32 Å². The number of nitrogens with zero attached hydrogens (tertiary/aromatic N) is 2. The predicted molar refractivity (Wildman–Crippen MR) is 84.6 cm³/mol. The zero-order valence-electron chi connectivity index (χ0n) is 13.1. The first kappa shape index (κ1) is 17.9. The molecule has 2 N–H and O–H groups in total. The van der Waals surface area contributed by atoms with Crippen molar-refractivity contribution in [2.75, 3.05) is 20.1 Å². The van der Waals surface area contributed by atoms with Gasteiger partial charge in [-0.2, -0.15) is 9.40 Å². The summed E-state index contributed by atoms with van der Waals surface area (Å²) in [6.45, 7) is 9.37. The first-order chi connectivity index (χ1) is 9.95. The summed E-state index contributed by atoms with van der Waals surface area (Å²) >= 11 is 0. The highest BCUT2D eigenvalue weighted by Gasteiger charge is 2.27. The number of nitrogens with one attached hydrogen (secondary N) is 2. The number of hydrogen-bond acceptors (Lipinski definition) is 4. The molecule has 7 heteroatoms. The number of aromatic amines is 1. The molecule has 0 amide bonds. The molecule has 0 unspecified atom stereocenters. The van der Waals surface area contributed by atoms with Crippen LogP contribution in [0.5, 0.6) is 0 Å². The van der Waals surface area contributed by atoms with Crippen molar-refractivity contribution in [1.29, 1.82) is 0 Å². The van der Waals surface area contributed by atoms with E-state index < -0.39 is 10.0 Å². The predicted octanol–water partition coefficient (Wildman–Crippen LogP) is 1.80. The van der Waals surface area contributed by atoms with Gasteiger partial charge in [-0.25, -0.2) is 8.42 Å². The number of rotatable bonds is 10. The van der Waals surface area contributed by atoms with Gasteiger partial charge in [0.15, 0.2) is 5.03 Å². The Hall–Kier alpha value is -1.18. The van der Waals surface area contributed by atoms with Crippen LogP contribution in [-0.2, 0) is 16.6 Å². The monoisotopic (exact) mass is 314 g/mol. The Labute approximate surface area is 127 Å². The van der Waals surface area contributed by atoms with Gasteiger partial charge in [0.05, 0.1) is 0 Å². The summed E-state index contributed by atoms with van der Waals surface area (Å²) in [6, 6.07) is 0. The highest BCUT2D eigenvalue weighted by Crippen LogP contribution is 2.19. The fourth-order valence-electron chi connectivity index (χ4n) is 1.97. The van der Waals surface area contributed by atoms with Crippen LogP contribution in [0.2, 0.25) is 0 Å². The van der Waals surface area contributed by atoms with E-state index in [4.69, 9.17) is 0 Å². The second-order valence-electron chi connectivity index (χ2n) is 5.07. The van der Waals surface area contributed by atoms with Crippen molar-refractivity contribution in [2.45, 2.75) is 44.7 Å². The van der Waals surface area contributed by atoms with Gasteiger partial charge in [0.25, 0.3) is 10.0 Å². The largest absolute Gasteiger partial charge is 0.313 e. The van der Waals surface area contributed by atoms with Gasteiger partial charge in [-0.3, -0.25) is 5.10 Å². The molecule has 0 atom stereocenters. The molecule has 0 aliphatic carbocycles. The summed E-state index contributed by atoms with van der Waals surface area (Å²) < 4.78 is 26.5. The number of aryl methyl sites for hydroxylation is 1. The molecule has 0 fully saturated rings. The zero-order valence-corrected chi connectivity index (χ0v) is 14.0. The van der Waals surface area contributed by atoms with E-state index in [0.717, 1.165) is 37.1 Å². The Kier molecular flexibility index (Phi) is 7.07. The van der Waals surface area contributed by atoms with Crippen molar-refractivity contribution in [3.8, 4) is 0 Å². The van der Waals surface area contributed by atoms with Gasteiger partial charge in [0, 0.05) is 31.4 Å². The lowest BCUT2D eigenvalue weighted by Crippen LogP contribution is -2.29. The molecule has 0 saturated carbocycles. The van der Waals surface area contributed by atoms with Crippen molar-refractivity contribution in [1.82, 2.24) is 19.8 Å². The molecule has 0 aliphatic heterocycles. The molecule has 120 valence electrons. The molecule has 0 bridgehead atoms. The van der Waals surface area contributed by atoms with E-state index in [1.807, 2.05) is 6.92 Å². The molecule has 0 aliphatic rings. The lowest BCUT2D eigenvalue weighted by atomic mass is 10.2. The number of sulfonamides is 1. The van der Waals surface area contributed by atoms with E-state index in [-0.39, 0.29) is 5.03 Å². The fraction of sp³-hybridized carbons (Fsp3) is 0.643. The minimum Gasteiger partial charge on any atom is -0.313 e. The van der Waals surface area contributed by atoms with Crippen molar-refractivity contribution in [3.63, 3.8) is 0 Å². The standard InChI is InChI=1S/C14H26N4O2S/c1-5-7-8-10-18(4)21(19,20)14-13(11-15-9-6-2)12(3)16-17-14/h5,15H,1,6-11H2,2-4H3,(H,16,17). The van der Waals surface area contributed by atoms with E-state index in [1.54, 1.807) is 13.1 Å². The van der Waals surface area contributed by atoms with Gasteiger partial charge in [-0.05, 0) is 32.7 Å². The molecule has 21 heavy (non-hydrogen) atoms. The maximum Gasteiger partial charge on any atom is 0.262 e. The highest BCUT2D eigenvalue weighted by atomic mass is 32.2. The lowest BCUT2D eigenvalue weighted by Gasteiger charge is -2.16. The Bertz CT molecular complexity index is 551. The number of aromatic nitrogens is 2. The lowest BCUT2D eigenvalue weighted by molar-refractivity contribution is 0.458. The van der Waals surface area contributed by atoms with Gasteiger partial charge in [0.2, 0.25) is 0 Å². The van der Waals surface area contributed by atoms with Crippen LogP contribution in [0.3, 0.4) is 0 Å². The number of unbranched alkanes of at least 4 members (excludes halogenated alkanes) is 1. The van der Waals surface area contributed by atoms with Gasteiger partial charge >= 0.3 is 0 Å². The molecule has 0 spiro atoms.